The van der Waals surface area contributed by atoms with Crippen molar-refractivity contribution in [1.29, 1.82) is 0 Å². The molecule has 54 heavy (non-hydrogen) atoms. The van der Waals surface area contributed by atoms with Crippen LogP contribution in [-0.4, -0.2) is 96.8 Å². The fourth-order valence-electron chi connectivity index (χ4n) is 8.89. The van der Waals surface area contributed by atoms with Crippen molar-refractivity contribution >= 4 is 33.2 Å². The summed E-state index contributed by atoms with van der Waals surface area (Å²) in [5.74, 6) is -0.144. The number of benzene rings is 1. The predicted octanol–water partition coefficient (Wildman–Crippen LogP) is 5.91. The van der Waals surface area contributed by atoms with Gasteiger partial charge in [0.15, 0.2) is 0 Å². The first kappa shape index (κ1) is 39.1. The Morgan fingerprint density at radius 1 is 1.17 bits per heavy atom. The van der Waals surface area contributed by atoms with E-state index in [1.54, 1.807) is 25.3 Å². The number of β-amino-alcohol motifs (C(OH)–C–C–N with tert-alkyl or cyclic N) is 1. The van der Waals surface area contributed by atoms with Gasteiger partial charge in [0.1, 0.15) is 5.75 Å². The molecular weight excluding hydrogens is 726 g/mol. The molecule has 2 aliphatic carbocycles. The Hall–Kier alpha value is -3.16. The van der Waals surface area contributed by atoms with Gasteiger partial charge in [-0.25, -0.2) is 18.1 Å². The SMILES string of the molecule is C[C@@H]1[C@@H](C)C/C=C/[C@@](O)(CN2CCOC[C@@H]2Cn2ccnc2)[C@@H]2CC[C@H]2CN2CCCCC3=CC(Cl)=CCC3(C)COc3ccc(cc32)C(=O)NS1(=O)=O. The Kier molecular flexibility index (Phi) is 11.7. The smallest absolute Gasteiger partial charge is 0.264 e. The van der Waals surface area contributed by atoms with Crippen LogP contribution in [0.3, 0.4) is 0 Å². The number of amides is 1. The summed E-state index contributed by atoms with van der Waals surface area (Å²) in [6.07, 6.45) is 19.4. The van der Waals surface area contributed by atoms with Gasteiger partial charge in [-0.05, 0) is 93.9 Å². The largest absolute Gasteiger partial charge is 0.490 e. The number of ether oxygens (including phenoxy) is 2. The average Bonchev–Trinajstić information content (AvgIpc) is 3.63. The second kappa shape index (κ2) is 16.1. The Balaban J connectivity index is 1.25. The number of sulfonamides is 1. The molecule has 1 unspecified atom stereocenters. The molecule has 1 amide bonds. The molecule has 0 radical (unpaired) electrons. The second-order valence-corrected chi connectivity index (χ2v) is 19.1. The van der Waals surface area contributed by atoms with Crippen LogP contribution in [0.15, 0.2) is 71.8 Å². The lowest BCUT2D eigenvalue weighted by Gasteiger charge is -2.50. The van der Waals surface area contributed by atoms with Crippen molar-refractivity contribution in [2.45, 2.75) is 89.2 Å². The van der Waals surface area contributed by atoms with E-state index in [1.165, 1.54) is 5.57 Å². The zero-order valence-electron chi connectivity index (χ0n) is 31.8. The number of allylic oxidation sites excluding steroid dienone is 4. The highest BCUT2D eigenvalue weighted by Gasteiger charge is 2.48. The summed E-state index contributed by atoms with van der Waals surface area (Å²) in [6.45, 7) is 10.6. The molecule has 7 atom stereocenters. The molecule has 2 bridgehead atoms. The molecule has 2 aromatic rings. The molecule has 1 aromatic heterocycles. The van der Waals surface area contributed by atoms with E-state index >= 15 is 0 Å². The quantitative estimate of drug-likeness (QED) is 0.364. The highest BCUT2D eigenvalue weighted by atomic mass is 35.5. The third-order valence-corrected chi connectivity index (χ3v) is 15.0. The fraction of sp³-hybridized carbons (Fsp3) is 0.610. The maximum Gasteiger partial charge on any atom is 0.264 e. The monoisotopic (exact) mass is 781 g/mol. The van der Waals surface area contributed by atoms with E-state index in [0.717, 1.165) is 55.8 Å². The molecule has 3 aliphatic heterocycles. The van der Waals surface area contributed by atoms with Gasteiger partial charge in [-0.15, -0.1) is 0 Å². The van der Waals surface area contributed by atoms with Crippen molar-refractivity contribution in [2.24, 2.45) is 23.2 Å². The number of fused-ring (bicyclic) bond motifs is 3. The summed E-state index contributed by atoms with van der Waals surface area (Å²) in [5.41, 5.74) is 0.939. The third-order valence-electron chi connectivity index (χ3n) is 12.8. The van der Waals surface area contributed by atoms with Crippen molar-refractivity contribution in [1.82, 2.24) is 19.2 Å². The van der Waals surface area contributed by atoms with Crippen molar-refractivity contribution in [3.8, 4) is 5.75 Å². The van der Waals surface area contributed by atoms with Crippen LogP contribution in [-0.2, 0) is 21.3 Å². The third kappa shape index (κ3) is 8.48. The van der Waals surface area contributed by atoms with Gasteiger partial charge in [-0.2, -0.15) is 0 Å². The van der Waals surface area contributed by atoms with Crippen LogP contribution in [0.25, 0.3) is 0 Å². The van der Waals surface area contributed by atoms with Gasteiger partial charge in [0, 0.05) is 61.1 Å². The number of rotatable bonds is 4. The molecule has 13 heteroatoms. The van der Waals surface area contributed by atoms with E-state index in [1.807, 2.05) is 37.7 Å². The first-order valence-corrected chi connectivity index (χ1v) is 21.6. The first-order chi connectivity index (χ1) is 25.8. The Bertz CT molecular complexity index is 1870. The maximum atomic E-state index is 13.7. The minimum Gasteiger partial charge on any atom is -0.490 e. The molecule has 7 rings (SSSR count). The molecule has 4 heterocycles. The summed E-state index contributed by atoms with van der Waals surface area (Å²) in [6, 6.07) is 5.33. The lowest BCUT2D eigenvalue weighted by molar-refractivity contribution is -0.0953. The van der Waals surface area contributed by atoms with Gasteiger partial charge >= 0.3 is 0 Å². The summed E-state index contributed by atoms with van der Waals surface area (Å²) in [7, 11) is -4.01. The molecule has 1 saturated carbocycles. The average molecular weight is 782 g/mol. The van der Waals surface area contributed by atoms with Crippen LogP contribution in [0.2, 0.25) is 0 Å². The second-order valence-electron chi connectivity index (χ2n) is 16.6. The molecule has 1 aromatic carbocycles. The molecular formula is C41H56ClN5O6S. The fourth-order valence-corrected chi connectivity index (χ4v) is 10.4. The standard InChI is InChI=1S/C41H56ClN5O6S/c1-29-7-6-14-41(49,26-47-19-20-52-25-35(47)24-45-18-16-43-28-45)36-11-9-32(36)23-46-17-5-4-8-33-22-34(42)13-15-40(33,3)27-53-38-12-10-31(21-37(38)46)39(48)44-54(50,51)30(29)2/h6,10,12-14,16,18,21-22,28-30,32,35-36,49H,4-5,7-9,11,15,17,19-20,23-27H2,1-3H3,(H,44,48)/b14-6+/t29-,30+,32-,35-,36+,40?,41+/m0/s1. The number of carbonyl (C=O) groups is 1. The maximum absolute atomic E-state index is 13.7. The number of hydrogen-bond donors (Lipinski definition) is 2. The molecule has 2 fully saturated rings. The molecule has 294 valence electrons. The molecule has 0 spiro atoms. The number of carbonyl (C=O) groups excluding carboxylic acids is 1. The van der Waals surface area contributed by atoms with E-state index in [4.69, 9.17) is 21.1 Å². The van der Waals surface area contributed by atoms with Crippen LogP contribution in [0.4, 0.5) is 5.69 Å². The normalized spacial score (nSPS) is 34.4. The number of anilines is 1. The van der Waals surface area contributed by atoms with Crippen LogP contribution >= 0.6 is 11.6 Å². The summed E-state index contributed by atoms with van der Waals surface area (Å²) < 4.78 is 44.2. The lowest BCUT2D eigenvalue weighted by atomic mass is 9.64. The van der Waals surface area contributed by atoms with Gasteiger partial charge in [0.25, 0.3) is 5.91 Å². The van der Waals surface area contributed by atoms with E-state index in [0.29, 0.717) is 58.2 Å². The van der Waals surface area contributed by atoms with Crippen molar-refractivity contribution < 1.29 is 27.8 Å². The minimum atomic E-state index is -4.01. The van der Waals surface area contributed by atoms with Crippen molar-refractivity contribution in [3.63, 3.8) is 0 Å². The molecule has 1 saturated heterocycles. The van der Waals surface area contributed by atoms with Crippen molar-refractivity contribution in [3.05, 3.63) is 77.4 Å². The van der Waals surface area contributed by atoms with E-state index < -0.39 is 26.8 Å². The Morgan fingerprint density at radius 3 is 2.80 bits per heavy atom. The highest BCUT2D eigenvalue weighted by molar-refractivity contribution is 7.90. The van der Waals surface area contributed by atoms with Crippen LogP contribution < -0.4 is 14.4 Å². The first-order valence-electron chi connectivity index (χ1n) is 19.7. The number of aromatic nitrogens is 2. The van der Waals surface area contributed by atoms with Gasteiger partial charge in [0.2, 0.25) is 10.0 Å². The summed E-state index contributed by atoms with van der Waals surface area (Å²) in [4.78, 5) is 22.5. The van der Waals surface area contributed by atoms with E-state index in [9.17, 15) is 18.3 Å². The van der Waals surface area contributed by atoms with E-state index in [2.05, 4.69) is 43.1 Å². The summed E-state index contributed by atoms with van der Waals surface area (Å²) in [5, 5.41) is 12.8. The number of nitrogens with zero attached hydrogens (tertiary/aromatic N) is 4. The number of morpholine rings is 1. The number of nitrogens with one attached hydrogen (secondary N) is 1. The highest BCUT2D eigenvalue weighted by Crippen LogP contribution is 2.46. The number of aliphatic hydroxyl groups is 1. The van der Waals surface area contributed by atoms with Crippen molar-refractivity contribution in [2.75, 3.05) is 50.9 Å². The van der Waals surface area contributed by atoms with Crippen LogP contribution in [0.5, 0.6) is 5.75 Å². The lowest BCUT2D eigenvalue weighted by Crippen LogP contribution is -2.59. The summed E-state index contributed by atoms with van der Waals surface area (Å²) >= 11 is 6.50. The van der Waals surface area contributed by atoms with Crippen LogP contribution in [0, 0.1) is 23.2 Å². The van der Waals surface area contributed by atoms with Gasteiger partial charge < -0.3 is 24.0 Å². The minimum absolute atomic E-state index is 0.0240. The predicted molar refractivity (Wildman–Crippen MR) is 211 cm³/mol. The van der Waals surface area contributed by atoms with Crippen LogP contribution in [0.1, 0.15) is 76.1 Å². The molecule has 5 aliphatic rings. The van der Waals surface area contributed by atoms with Gasteiger partial charge in [0.05, 0.1) is 48.7 Å². The van der Waals surface area contributed by atoms with Gasteiger partial charge in [-0.1, -0.05) is 49.2 Å². The van der Waals surface area contributed by atoms with E-state index in [-0.39, 0.29) is 34.8 Å². The Labute approximate surface area is 325 Å². The van der Waals surface area contributed by atoms with Gasteiger partial charge in [-0.3, -0.25) is 9.69 Å². The number of hydrogen-bond acceptors (Lipinski definition) is 9. The zero-order chi connectivity index (χ0) is 38.1. The number of imidazole rings is 1. The number of halogens is 1. The molecule has 11 nitrogen and oxygen atoms in total. The molecule has 2 N–H and O–H groups in total. The topological polar surface area (TPSA) is 126 Å². The zero-order valence-corrected chi connectivity index (χ0v) is 33.4. The Morgan fingerprint density at radius 2 is 2.02 bits per heavy atom.